The van der Waals surface area contributed by atoms with Gasteiger partial charge in [0, 0.05) is 22.6 Å². The zero-order valence-corrected chi connectivity index (χ0v) is 13.5. The van der Waals surface area contributed by atoms with E-state index in [-0.39, 0.29) is 11.4 Å². The average molecular weight is 360 g/mol. The van der Waals surface area contributed by atoms with Crippen LogP contribution in [-0.4, -0.2) is 10.9 Å². The molecule has 3 rings (SSSR count). The molecule has 2 aromatic carbocycles. The van der Waals surface area contributed by atoms with Crippen LogP contribution < -0.4 is 10.6 Å². The van der Waals surface area contributed by atoms with Crippen molar-refractivity contribution in [2.24, 2.45) is 0 Å². The molecule has 1 amide bonds. The van der Waals surface area contributed by atoms with Gasteiger partial charge in [-0.1, -0.05) is 17.7 Å². The molecule has 0 unspecified atom stereocenters. The van der Waals surface area contributed by atoms with Gasteiger partial charge in [-0.3, -0.25) is 9.78 Å². The fraction of sp³-hybridized carbons (Fsp3) is 0. The Morgan fingerprint density at radius 1 is 0.960 bits per heavy atom. The minimum atomic E-state index is -0.732. The number of rotatable bonds is 4. The third-order valence-electron chi connectivity index (χ3n) is 3.33. The fourth-order valence-electron chi connectivity index (χ4n) is 2.12. The van der Waals surface area contributed by atoms with Crippen LogP contribution in [0.2, 0.25) is 5.02 Å². The number of anilines is 3. The normalized spacial score (nSPS) is 10.4. The number of amides is 1. The molecule has 0 atom stereocenters. The summed E-state index contributed by atoms with van der Waals surface area (Å²) in [5.74, 6) is -1.92. The van der Waals surface area contributed by atoms with Gasteiger partial charge in [-0.25, -0.2) is 8.78 Å². The molecule has 0 fully saturated rings. The number of carbonyl (C=O) groups excluding carboxylic acids is 1. The molecule has 1 aromatic heterocycles. The van der Waals surface area contributed by atoms with E-state index < -0.39 is 17.5 Å². The molecule has 0 aliphatic rings. The fourth-order valence-corrected chi connectivity index (χ4v) is 2.25. The zero-order chi connectivity index (χ0) is 17.8. The molecule has 0 bridgehead atoms. The summed E-state index contributed by atoms with van der Waals surface area (Å²) in [7, 11) is 0. The first kappa shape index (κ1) is 16.9. The molecule has 4 nitrogen and oxygen atoms in total. The topological polar surface area (TPSA) is 54.0 Å². The van der Waals surface area contributed by atoms with E-state index in [0.717, 1.165) is 12.1 Å². The standard InChI is InChI=1S/C18H12ClF2N3O/c19-11-4-6-12(7-5-11)24-18(25)16-10-13(8-9-22-16)23-17-14(20)2-1-3-15(17)21/h1-10H,(H,22,23)(H,24,25). The minimum absolute atomic E-state index is 0.0942. The van der Waals surface area contributed by atoms with Crippen LogP contribution >= 0.6 is 11.6 Å². The van der Waals surface area contributed by atoms with E-state index in [0.29, 0.717) is 16.4 Å². The highest BCUT2D eigenvalue weighted by Gasteiger charge is 2.12. The largest absolute Gasteiger partial charge is 0.351 e. The number of halogens is 3. The van der Waals surface area contributed by atoms with E-state index in [1.54, 1.807) is 24.3 Å². The molecule has 0 saturated carbocycles. The lowest BCUT2D eigenvalue weighted by Crippen LogP contribution is -2.13. The molecular weight excluding hydrogens is 348 g/mol. The van der Waals surface area contributed by atoms with E-state index in [1.165, 1.54) is 24.4 Å². The third-order valence-corrected chi connectivity index (χ3v) is 3.58. The molecule has 2 N–H and O–H groups in total. The lowest BCUT2D eigenvalue weighted by molar-refractivity contribution is 0.102. The highest BCUT2D eigenvalue weighted by Crippen LogP contribution is 2.23. The molecule has 126 valence electrons. The molecule has 7 heteroatoms. The van der Waals surface area contributed by atoms with Gasteiger partial charge in [0.25, 0.3) is 5.91 Å². The van der Waals surface area contributed by atoms with E-state index in [2.05, 4.69) is 15.6 Å². The second-order valence-corrected chi connectivity index (χ2v) is 5.55. The summed E-state index contributed by atoms with van der Waals surface area (Å²) in [6.07, 6.45) is 1.37. The molecular formula is C18H12ClF2N3O. The summed E-state index contributed by atoms with van der Waals surface area (Å²) in [5, 5.41) is 5.83. The molecule has 0 aliphatic carbocycles. The number of carbonyl (C=O) groups is 1. The lowest BCUT2D eigenvalue weighted by Gasteiger charge is -2.10. The van der Waals surface area contributed by atoms with Crippen LogP contribution in [-0.2, 0) is 0 Å². The Kier molecular flexibility index (Phi) is 4.90. The number of aromatic nitrogens is 1. The van der Waals surface area contributed by atoms with E-state index in [4.69, 9.17) is 11.6 Å². The van der Waals surface area contributed by atoms with E-state index in [9.17, 15) is 13.6 Å². The van der Waals surface area contributed by atoms with Crippen molar-refractivity contribution in [1.29, 1.82) is 0 Å². The molecule has 1 heterocycles. The quantitative estimate of drug-likeness (QED) is 0.688. The van der Waals surface area contributed by atoms with Gasteiger partial charge >= 0.3 is 0 Å². The van der Waals surface area contributed by atoms with Crippen LogP contribution in [0, 0.1) is 11.6 Å². The van der Waals surface area contributed by atoms with E-state index >= 15 is 0 Å². The molecule has 0 radical (unpaired) electrons. The molecule has 0 aliphatic heterocycles. The summed E-state index contributed by atoms with van der Waals surface area (Å²) in [6, 6.07) is 13.0. The maximum Gasteiger partial charge on any atom is 0.274 e. The van der Waals surface area contributed by atoms with Crippen LogP contribution in [0.3, 0.4) is 0 Å². The van der Waals surface area contributed by atoms with Gasteiger partial charge in [0.1, 0.15) is 23.0 Å². The van der Waals surface area contributed by atoms with Crippen molar-refractivity contribution in [3.8, 4) is 0 Å². The summed E-state index contributed by atoms with van der Waals surface area (Å²) < 4.78 is 27.4. The van der Waals surface area contributed by atoms with Gasteiger partial charge in [-0.15, -0.1) is 0 Å². The van der Waals surface area contributed by atoms with E-state index in [1.807, 2.05) is 0 Å². The molecule has 25 heavy (non-hydrogen) atoms. The zero-order valence-electron chi connectivity index (χ0n) is 12.8. The SMILES string of the molecule is O=C(Nc1ccc(Cl)cc1)c1cc(Nc2c(F)cccc2F)ccn1. The summed E-state index contributed by atoms with van der Waals surface area (Å²) >= 11 is 5.79. The Labute approximate surface area is 147 Å². The van der Waals surface area contributed by atoms with Crippen molar-refractivity contribution >= 4 is 34.6 Å². The average Bonchev–Trinajstić information content (AvgIpc) is 2.60. The van der Waals surface area contributed by atoms with Crippen molar-refractivity contribution in [2.75, 3.05) is 10.6 Å². The van der Waals surface area contributed by atoms with Crippen molar-refractivity contribution < 1.29 is 13.6 Å². The van der Waals surface area contributed by atoms with Crippen molar-refractivity contribution in [1.82, 2.24) is 4.98 Å². The first-order valence-corrected chi connectivity index (χ1v) is 7.65. The Balaban J connectivity index is 1.79. The number of nitrogens with zero attached hydrogens (tertiary/aromatic N) is 1. The molecule has 0 spiro atoms. The van der Waals surface area contributed by atoms with Crippen LogP contribution in [0.5, 0.6) is 0 Å². The highest BCUT2D eigenvalue weighted by molar-refractivity contribution is 6.30. The second kappa shape index (κ2) is 7.27. The third kappa shape index (κ3) is 4.10. The number of hydrogen-bond donors (Lipinski definition) is 2. The molecule has 0 saturated heterocycles. The maximum absolute atomic E-state index is 13.7. The Hall–Kier alpha value is -2.99. The smallest absolute Gasteiger partial charge is 0.274 e. The molecule has 3 aromatic rings. The van der Waals surface area contributed by atoms with Gasteiger partial charge in [0.05, 0.1) is 0 Å². The lowest BCUT2D eigenvalue weighted by atomic mass is 10.2. The maximum atomic E-state index is 13.7. The van der Waals surface area contributed by atoms with Gasteiger partial charge in [0.2, 0.25) is 0 Å². The first-order chi connectivity index (χ1) is 12.0. The van der Waals surface area contributed by atoms with Gasteiger partial charge in [-0.2, -0.15) is 0 Å². The van der Waals surface area contributed by atoms with Gasteiger partial charge < -0.3 is 10.6 Å². The summed E-state index contributed by atoms with van der Waals surface area (Å²) in [6.45, 7) is 0. The van der Waals surface area contributed by atoms with Gasteiger partial charge in [-0.05, 0) is 48.5 Å². The predicted molar refractivity (Wildman–Crippen MR) is 93.3 cm³/mol. The van der Waals surface area contributed by atoms with Crippen molar-refractivity contribution in [3.05, 3.63) is 83.1 Å². The van der Waals surface area contributed by atoms with Crippen molar-refractivity contribution in [2.45, 2.75) is 0 Å². The van der Waals surface area contributed by atoms with Crippen molar-refractivity contribution in [3.63, 3.8) is 0 Å². The minimum Gasteiger partial charge on any atom is -0.351 e. The number of hydrogen-bond acceptors (Lipinski definition) is 3. The highest BCUT2D eigenvalue weighted by atomic mass is 35.5. The van der Waals surface area contributed by atoms with Crippen LogP contribution in [0.4, 0.5) is 25.8 Å². The van der Waals surface area contributed by atoms with Crippen LogP contribution in [0.15, 0.2) is 60.8 Å². The summed E-state index contributed by atoms with van der Waals surface area (Å²) in [5.41, 5.74) is 0.685. The monoisotopic (exact) mass is 359 g/mol. The summed E-state index contributed by atoms with van der Waals surface area (Å²) in [4.78, 5) is 16.2. The number of nitrogens with one attached hydrogen (secondary N) is 2. The predicted octanol–water partition coefficient (Wildman–Crippen LogP) is 5.01. The Bertz CT molecular complexity index is 896. The van der Waals surface area contributed by atoms with Crippen LogP contribution in [0.1, 0.15) is 10.5 Å². The second-order valence-electron chi connectivity index (χ2n) is 5.11. The number of para-hydroxylation sites is 1. The Morgan fingerprint density at radius 3 is 2.32 bits per heavy atom. The number of benzene rings is 2. The van der Waals surface area contributed by atoms with Gasteiger partial charge in [0.15, 0.2) is 0 Å². The number of pyridine rings is 1. The first-order valence-electron chi connectivity index (χ1n) is 7.27. The van der Waals surface area contributed by atoms with Crippen LogP contribution in [0.25, 0.3) is 0 Å². The Morgan fingerprint density at radius 2 is 1.64 bits per heavy atom.